The predicted molar refractivity (Wildman–Crippen MR) is 137 cm³/mol. The SMILES string of the molecule is C=CCN1CC(=O)N2[C@@H]1CN(Cc1cccc3c(C(=O)C4CC4)n[nH]c13)C(=O)[C@@H]2Cc1ccc(O)cc1. The number of carbonyl (C=O) groups excluding carboxylic acids is 3. The van der Waals surface area contributed by atoms with Crippen molar-refractivity contribution in [2.24, 2.45) is 5.92 Å². The van der Waals surface area contributed by atoms with Crippen LogP contribution in [0.5, 0.6) is 5.75 Å². The van der Waals surface area contributed by atoms with Gasteiger partial charge < -0.3 is 14.9 Å². The van der Waals surface area contributed by atoms with Gasteiger partial charge in [0, 0.05) is 30.8 Å². The molecule has 37 heavy (non-hydrogen) atoms. The molecule has 3 aromatic rings. The number of hydrogen-bond acceptors (Lipinski definition) is 6. The van der Waals surface area contributed by atoms with Crippen LogP contribution in [0.3, 0.4) is 0 Å². The van der Waals surface area contributed by atoms with Crippen LogP contribution in [0.15, 0.2) is 55.1 Å². The van der Waals surface area contributed by atoms with Crippen LogP contribution in [0, 0.1) is 5.92 Å². The molecule has 3 aliphatic rings. The number of carbonyl (C=O) groups is 3. The summed E-state index contributed by atoms with van der Waals surface area (Å²) in [5, 5.41) is 17.8. The summed E-state index contributed by atoms with van der Waals surface area (Å²) in [7, 11) is 0. The molecule has 2 aliphatic heterocycles. The maximum absolute atomic E-state index is 13.9. The summed E-state index contributed by atoms with van der Waals surface area (Å²) in [4.78, 5) is 45.2. The number of H-pyrrole nitrogens is 1. The molecule has 2 aromatic carbocycles. The number of hydrogen-bond donors (Lipinski definition) is 2. The average molecular weight is 500 g/mol. The summed E-state index contributed by atoms with van der Waals surface area (Å²) in [6.07, 6.45) is 3.70. The van der Waals surface area contributed by atoms with Crippen molar-refractivity contribution in [3.05, 3.63) is 71.9 Å². The Bertz CT molecular complexity index is 1390. The van der Waals surface area contributed by atoms with Crippen molar-refractivity contribution in [3.8, 4) is 5.75 Å². The lowest BCUT2D eigenvalue weighted by atomic mass is 9.99. The Hall–Kier alpha value is -3.98. The first-order valence-electron chi connectivity index (χ1n) is 12.7. The summed E-state index contributed by atoms with van der Waals surface area (Å²) in [6, 6.07) is 11.8. The van der Waals surface area contributed by atoms with Gasteiger partial charge in [0.1, 0.15) is 23.7 Å². The lowest BCUT2D eigenvalue weighted by molar-refractivity contribution is -0.153. The molecule has 9 nitrogen and oxygen atoms in total. The minimum atomic E-state index is -0.654. The average Bonchev–Trinajstić information content (AvgIpc) is 3.58. The third-order valence-corrected chi connectivity index (χ3v) is 7.64. The molecular formula is C28H29N5O4. The molecule has 0 spiro atoms. The lowest BCUT2D eigenvalue weighted by Crippen LogP contribution is -2.63. The highest BCUT2D eigenvalue weighted by atomic mass is 16.3. The van der Waals surface area contributed by atoms with Gasteiger partial charge in [-0.25, -0.2) is 0 Å². The van der Waals surface area contributed by atoms with Crippen LogP contribution in [-0.4, -0.2) is 79.4 Å². The lowest BCUT2D eigenvalue weighted by Gasteiger charge is -2.44. The number of aromatic amines is 1. The van der Waals surface area contributed by atoms with Crippen molar-refractivity contribution in [3.63, 3.8) is 0 Å². The molecule has 2 atom stereocenters. The van der Waals surface area contributed by atoms with E-state index in [9.17, 15) is 19.5 Å². The second kappa shape index (κ2) is 9.15. The molecule has 1 aromatic heterocycles. The van der Waals surface area contributed by atoms with E-state index in [2.05, 4.69) is 16.8 Å². The van der Waals surface area contributed by atoms with E-state index in [1.54, 1.807) is 40.1 Å². The molecule has 6 rings (SSSR count). The Morgan fingerprint density at radius 3 is 2.68 bits per heavy atom. The summed E-state index contributed by atoms with van der Waals surface area (Å²) < 4.78 is 0. The third kappa shape index (κ3) is 4.19. The Labute approximate surface area is 214 Å². The van der Waals surface area contributed by atoms with E-state index < -0.39 is 6.04 Å². The van der Waals surface area contributed by atoms with E-state index in [-0.39, 0.29) is 42.0 Å². The number of phenols is 1. The molecule has 9 heteroatoms. The van der Waals surface area contributed by atoms with Crippen LogP contribution < -0.4 is 0 Å². The van der Waals surface area contributed by atoms with E-state index in [1.165, 1.54) is 0 Å². The Morgan fingerprint density at radius 1 is 1.16 bits per heavy atom. The number of phenolic OH excluding ortho intramolecular Hbond substituents is 1. The normalized spacial score (nSPS) is 22.1. The number of ketones is 1. The minimum absolute atomic E-state index is 0.0671. The largest absolute Gasteiger partial charge is 0.508 e. The Morgan fingerprint density at radius 2 is 1.95 bits per heavy atom. The van der Waals surface area contributed by atoms with E-state index >= 15 is 0 Å². The highest BCUT2D eigenvalue weighted by Crippen LogP contribution is 2.35. The van der Waals surface area contributed by atoms with E-state index in [0.717, 1.165) is 34.9 Å². The fourth-order valence-electron chi connectivity index (χ4n) is 5.61. The van der Waals surface area contributed by atoms with E-state index in [4.69, 9.17) is 0 Å². The number of piperazine rings is 1. The van der Waals surface area contributed by atoms with E-state index in [0.29, 0.717) is 31.7 Å². The van der Waals surface area contributed by atoms with Gasteiger partial charge in [-0.3, -0.25) is 24.4 Å². The summed E-state index contributed by atoms with van der Waals surface area (Å²) in [6.45, 7) is 5.34. The fourth-order valence-corrected chi connectivity index (χ4v) is 5.61. The molecular weight excluding hydrogens is 470 g/mol. The van der Waals surface area contributed by atoms with Crippen molar-refractivity contribution in [1.82, 2.24) is 24.9 Å². The number of aromatic nitrogens is 2. The maximum atomic E-state index is 13.9. The zero-order valence-electron chi connectivity index (χ0n) is 20.5. The molecule has 3 fully saturated rings. The molecule has 0 bridgehead atoms. The van der Waals surface area contributed by atoms with Gasteiger partial charge in [0.25, 0.3) is 0 Å². The second-order valence-corrected chi connectivity index (χ2v) is 10.2. The summed E-state index contributed by atoms with van der Waals surface area (Å²) >= 11 is 0. The van der Waals surface area contributed by atoms with Crippen LogP contribution in [0.1, 0.15) is 34.5 Å². The highest BCUT2D eigenvalue weighted by Gasteiger charge is 2.49. The number of Topliss-reactive ketones (excluding diaryl/α,β-unsaturated/α-hetero) is 1. The summed E-state index contributed by atoms with van der Waals surface area (Å²) in [5.74, 6) is 0.110. The van der Waals surface area contributed by atoms with Crippen LogP contribution >= 0.6 is 0 Å². The molecule has 0 radical (unpaired) electrons. The monoisotopic (exact) mass is 499 g/mol. The van der Waals surface area contributed by atoms with Crippen LogP contribution in [-0.2, 0) is 22.6 Å². The molecule has 3 heterocycles. The topological polar surface area (TPSA) is 110 Å². The number of benzene rings is 2. The standard InChI is InChI=1S/C28H29N5O4/c1-2-12-31-16-24(35)33-22(13-17-6-10-20(34)11-7-17)28(37)32(15-23(31)33)14-19-4-3-5-21-25(19)29-30-26(21)27(36)18-8-9-18/h2-7,10-11,18,22-23,34H,1,8-9,12-16H2,(H,29,30)/t22-,23+/m0/s1. The Kier molecular flexibility index (Phi) is 5.79. The number of rotatable bonds is 8. The number of amides is 2. The van der Waals surface area contributed by atoms with Gasteiger partial charge in [-0.15, -0.1) is 6.58 Å². The third-order valence-electron chi connectivity index (χ3n) is 7.64. The number of nitrogens with zero attached hydrogens (tertiary/aromatic N) is 4. The van der Waals surface area contributed by atoms with Crippen LogP contribution in [0.2, 0.25) is 0 Å². The van der Waals surface area contributed by atoms with Gasteiger partial charge in [0.05, 0.1) is 18.6 Å². The van der Waals surface area contributed by atoms with Crippen molar-refractivity contribution >= 4 is 28.5 Å². The van der Waals surface area contributed by atoms with Crippen molar-refractivity contribution in [2.45, 2.75) is 38.0 Å². The molecule has 0 unspecified atom stereocenters. The second-order valence-electron chi connectivity index (χ2n) is 10.2. The van der Waals surface area contributed by atoms with Crippen molar-refractivity contribution in [1.29, 1.82) is 0 Å². The highest BCUT2D eigenvalue weighted by molar-refractivity contribution is 6.08. The Balaban J connectivity index is 1.32. The van der Waals surface area contributed by atoms with Crippen molar-refractivity contribution in [2.75, 3.05) is 19.6 Å². The first-order chi connectivity index (χ1) is 17.9. The van der Waals surface area contributed by atoms with Gasteiger partial charge in [-0.1, -0.05) is 36.4 Å². The maximum Gasteiger partial charge on any atom is 0.246 e. The van der Waals surface area contributed by atoms with E-state index in [1.807, 2.05) is 23.1 Å². The zero-order valence-corrected chi connectivity index (χ0v) is 20.5. The predicted octanol–water partition coefficient (Wildman–Crippen LogP) is 2.47. The van der Waals surface area contributed by atoms with Crippen LogP contribution in [0.25, 0.3) is 10.9 Å². The summed E-state index contributed by atoms with van der Waals surface area (Å²) in [5.41, 5.74) is 2.98. The first-order valence-corrected chi connectivity index (χ1v) is 12.7. The molecule has 1 saturated carbocycles. The minimum Gasteiger partial charge on any atom is -0.508 e. The van der Waals surface area contributed by atoms with Gasteiger partial charge in [-0.05, 0) is 36.1 Å². The number of aromatic hydroxyl groups is 1. The molecule has 2 saturated heterocycles. The smallest absolute Gasteiger partial charge is 0.246 e. The first kappa shape index (κ1) is 23.4. The van der Waals surface area contributed by atoms with Crippen molar-refractivity contribution < 1.29 is 19.5 Å². The van der Waals surface area contributed by atoms with Gasteiger partial charge in [-0.2, -0.15) is 5.10 Å². The van der Waals surface area contributed by atoms with Gasteiger partial charge in [0.15, 0.2) is 5.78 Å². The molecule has 1 aliphatic carbocycles. The fraction of sp³-hybridized carbons (Fsp3) is 0.357. The van der Waals surface area contributed by atoms with Gasteiger partial charge in [0.2, 0.25) is 11.8 Å². The number of fused-ring (bicyclic) bond motifs is 2. The number of para-hydroxylation sites is 1. The molecule has 2 N–H and O–H groups in total. The zero-order chi connectivity index (χ0) is 25.7. The molecule has 190 valence electrons. The van der Waals surface area contributed by atoms with Gasteiger partial charge >= 0.3 is 0 Å². The quantitative estimate of drug-likeness (QED) is 0.364. The van der Waals surface area contributed by atoms with Crippen LogP contribution in [0.4, 0.5) is 0 Å². The molecule has 2 amide bonds. The number of nitrogens with one attached hydrogen (secondary N) is 1.